The standard InChI is InChI=1S/C27H25NO4S2/c1-5-34(31)32-16(2)14-27(3,4)15-28-25(29)19-11-10-18-17-8-6-7-9-21(17)33-22-13-12-20(26(28)30)23(19)24(18)22/h5-13,16H,1,14-15H2,2-4H3. The first-order valence-electron chi connectivity index (χ1n) is 11.1. The van der Waals surface area contributed by atoms with E-state index in [-0.39, 0.29) is 23.8 Å². The Balaban J connectivity index is 1.67. The summed E-state index contributed by atoms with van der Waals surface area (Å²) in [6.07, 6.45) is 0.205. The average Bonchev–Trinajstić information content (AvgIpc) is 2.80. The Morgan fingerprint density at radius 2 is 1.62 bits per heavy atom. The third-order valence-corrected chi connectivity index (χ3v) is 8.22. The van der Waals surface area contributed by atoms with Gasteiger partial charge in [-0.25, -0.2) is 4.21 Å². The summed E-state index contributed by atoms with van der Waals surface area (Å²) in [5.41, 5.74) is -0.991. The fourth-order valence-electron chi connectivity index (χ4n) is 5.06. The first kappa shape index (κ1) is 22.9. The molecule has 0 radical (unpaired) electrons. The quantitative estimate of drug-likeness (QED) is 0.208. The molecule has 0 fully saturated rings. The lowest BCUT2D eigenvalue weighted by Gasteiger charge is -2.28. The zero-order valence-corrected chi connectivity index (χ0v) is 20.9. The van der Waals surface area contributed by atoms with Gasteiger partial charge in [-0.05, 0) is 53.8 Å². The highest BCUT2D eigenvalue weighted by Gasteiger charge is 2.26. The highest BCUT2D eigenvalue weighted by Crippen LogP contribution is 2.39. The second-order valence-corrected chi connectivity index (χ2v) is 11.6. The maximum atomic E-state index is 13.6. The van der Waals surface area contributed by atoms with E-state index in [0.717, 1.165) is 26.2 Å². The van der Waals surface area contributed by atoms with Gasteiger partial charge in [-0.3, -0.25) is 18.3 Å². The number of benzene rings is 3. The van der Waals surface area contributed by atoms with E-state index in [9.17, 15) is 13.8 Å². The molecular formula is C27H25NO4S2. The van der Waals surface area contributed by atoms with Crippen molar-refractivity contribution in [3.05, 3.63) is 81.2 Å². The molecule has 0 aliphatic carbocycles. The Bertz CT molecular complexity index is 1680. The number of fused-ring (bicyclic) bond motifs is 2. The predicted octanol–water partition coefficient (Wildman–Crippen LogP) is 5.95. The van der Waals surface area contributed by atoms with Crippen molar-refractivity contribution in [3.63, 3.8) is 0 Å². The smallest absolute Gasteiger partial charge is 0.261 e. The molecule has 7 heteroatoms. The van der Waals surface area contributed by atoms with Gasteiger partial charge < -0.3 is 0 Å². The highest BCUT2D eigenvalue weighted by atomic mass is 32.2. The molecule has 0 bridgehead atoms. The molecule has 0 N–H and O–H groups in total. The highest BCUT2D eigenvalue weighted by molar-refractivity contribution is 7.83. The minimum absolute atomic E-state index is 0.237. The summed E-state index contributed by atoms with van der Waals surface area (Å²) in [4.78, 5) is 27.2. The fraction of sp³-hybridized carbons (Fsp3) is 0.259. The third kappa shape index (κ3) is 3.78. The minimum Gasteiger partial charge on any atom is -0.284 e. The topological polar surface area (TPSA) is 65.4 Å². The molecule has 5 aromatic rings. The zero-order chi connectivity index (χ0) is 24.2. The number of aromatic nitrogens is 1. The van der Waals surface area contributed by atoms with E-state index < -0.39 is 16.5 Å². The summed E-state index contributed by atoms with van der Waals surface area (Å²) >= 11 is 0.109. The van der Waals surface area contributed by atoms with Crippen LogP contribution in [0.25, 0.3) is 41.7 Å². The Morgan fingerprint density at radius 3 is 2.32 bits per heavy atom. The normalized spacial score (nSPS) is 14.3. The molecular weight excluding hydrogens is 466 g/mol. The Hall–Kier alpha value is -2.87. The van der Waals surface area contributed by atoms with Gasteiger partial charge in [-0.15, -0.1) is 11.3 Å². The molecule has 5 nitrogen and oxygen atoms in total. The molecule has 0 spiro atoms. The lowest BCUT2D eigenvalue weighted by Crippen LogP contribution is -2.39. The number of hydrogen-bond donors (Lipinski definition) is 0. The zero-order valence-electron chi connectivity index (χ0n) is 19.3. The molecule has 0 aliphatic heterocycles. The predicted molar refractivity (Wildman–Crippen MR) is 143 cm³/mol. The molecule has 5 rings (SSSR count). The van der Waals surface area contributed by atoms with Crippen LogP contribution in [0.2, 0.25) is 0 Å². The molecule has 34 heavy (non-hydrogen) atoms. The molecule has 3 aromatic carbocycles. The molecule has 0 saturated heterocycles. The lowest BCUT2D eigenvalue weighted by atomic mass is 9.86. The van der Waals surface area contributed by atoms with Crippen molar-refractivity contribution in [2.45, 2.75) is 39.8 Å². The van der Waals surface area contributed by atoms with Crippen molar-refractivity contribution in [2.24, 2.45) is 5.41 Å². The molecule has 0 aliphatic rings. The van der Waals surface area contributed by atoms with Crippen LogP contribution in [0.1, 0.15) is 27.2 Å². The van der Waals surface area contributed by atoms with E-state index in [4.69, 9.17) is 4.18 Å². The van der Waals surface area contributed by atoms with Crippen LogP contribution in [0, 0.1) is 5.41 Å². The van der Waals surface area contributed by atoms with Gasteiger partial charge >= 0.3 is 0 Å². The fourth-order valence-corrected chi connectivity index (χ4v) is 6.65. The summed E-state index contributed by atoms with van der Waals surface area (Å²) in [7, 11) is 0. The van der Waals surface area contributed by atoms with E-state index in [1.54, 1.807) is 11.3 Å². The van der Waals surface area contributed by atoms with Crippen molar-refractivity contribution >= 4 is 64.1 Å². The number of pyridine rings is 1. The van der Waals surface area contributed by atoms with E-state index in [2.05, 4.69) is 18.7 Å². The third-order valence-electron chi connectivity index (χ3n) is 6.29. The van der Waals surface area contributed by atoms with Crippen molar-refractivity contribution < 1.29 is 8.39 Å². The summed E-state index contributed by atoms with van der Waals surface area (Å²) in [5, 5.41) is 6.27. The Kier molecular flexibility index (Phi) is 5.67. The van der Waals surface area contributed by atoms with E-state index in [1.165, 1.54) is 14.7 Å². The SMILES string of the molecule is C=CS(=O)OC(C)CC(C)(C)Cn1c(=O)c2ccc3sc4ccccc4c4ccc(c1=O)c2c34. The average molecular weight is 492 g/mol. The van der Waals surface area contributed by atoms with Gasteiger partial charge in [0.25, 0.3) is 11.1 Å². The maximum Gasteiger partial charge on any atom is 0.261 e. The summed E-state index contributed by atoms with van der Waals surface area (Å²) in [5.74, 6) is 0. The Morgan fingerprint density at radius 1 is 0.971 bits per heavy atom. The van der Waals surface area contributed by atoms with Crippen LogP contribution in [0.15, 0.2) is 70.1 Å². The van der Waals surface area contributed by atoms with Gasteiger partial charge in [0.1, 0.15) is 0 Å². The van der Waals surface area contributed by atoms with Crippen LogP contribution in [0.4, 0.5) is 0 Å². The summed E-state index contributed by atoms with van der Waals surface area (Å²) in [6, 6.07) is 15.9. The van der Waals surface area contributed by atoms with Crippen LogP contribution in [-0.4, -0.2) is 14.9 Å². The molecule has 2 unspecified atom stereocenters. The second kappa shape index (κ2) is 8.41. The van der Waals surface area contributed by atoms with Gasteiger partial charge in [0, 0.05) is 42.9 Å². The second-order valence-electron chi connectivity index (χ2n) is 9.52. The van der Waals surface area contributed by atoms with Crippen molar-refractivity contribution in [1.29, 1.82) is 0 Å². The van der Waals surface area contributed by atoms with Crippen LogP contribution >= 0.6 is 11.3 Å². The van der Waals surface area contributed by atoms with Gasteiger partial charge in [0.05, 0.1) is 6.10 Å². The van der Waals surface area contributed by atoms with Crippen LogP contribution in [0.5, 0.6) is 0 Å². The van der Waals surface area contributed by atoms with Gasteiger partial charge in [0.2, 0.25) is 0 Å². The van der Waals surface area contributed by atoms with Crippen LogP contribution in [0.3, 0.4) is 0 Å². The molecule has 2 aromatic heterocycles. The maximum absolute atomic E-state index is 13.6. The van der Waals surface area contributed by atoms with Gasteiger partial charge in [-0.2, -0.15) is 0 Å². The van der Waals surface area contributed by atoms with Crippen molar-refractivity contribution in [2.75, 3.05) is 0 Å². The number of rotatable bonds is 7. The van der Waals surface area contributed by atoms with Crippen LogP contribution in [-0.2, 0) is 21.8 Å². The summed E-state index contributed by atoms with van der Waals surface area (Å²) in [6.45, 7) is 9.50. The molecule has 174 valence electrons. The van der Waals surface area contributed by atoms with Gasteiger partial charge in [-0.1, -0.05) is 44.7 Å². The molecule has 0 amide bonds. The van der Waals surface area contributed by atoms with Crippen molar-refractivity contribution in [1.82, 2.24) is 4.57 Å². The molecule has 2 heterocycles. The number of nitrogens with zero attached hydrogens (tertiary/aromatic N) is 1. The number of hydrogen-bond acceptors (Lipinski definition) is 5. The monoisotopic (exact) mass is 491 g/mol. The molecule has 2 atom stereocenters. The largest absolute Gasteiger partial charge is 0.284 e. The van der Waals surface area contributed by atoms with E-state index in [1.807, 2.05) is 57.2 Å². The van der Waals surface area contributed by atoms with E-state index >= 15 is 0 Å². The lowest BCUT2D eigenvalue weighted by molar-refractivity contribution is 0.152. The van der Waals surface area contributed by atoms with Crippen molar-refractivity contribution in [3.8, 4) is 0 Å². The Labute approximate surface area is 203 Å². The van der Waals surface area contributed by atoms with Crippen LogP contribution < -0.4 is 11.1 Å². The first-order valence-corrected chi connectivity index (χ1v) is 13.1. The summed E-state index contributed by atoms with van der Waals surface area (Å²) < 4.78 is 20.7. The van der Waals surface area contributed by atoms with E-state index in [0.29, 0.717) is 17.2 Å². The first-order chi connectivity index (χ1) is 16.2. The molecule has 0 saturated carbocycles. The van der Waals surface area contributed by atoms with Gasteiger partial charge in [0.15, 0.2) is 11.1 Å². The minimum atomic E-state index is -1.56.